The van der Waals surface area contributed by atoms with Crippen molar-refractivity contribution in [2.24, 2.45) is 0 Å². The zero-order valence-corrected chi connectivity index (χ0v) is 19.7. The topological polar surface area (TPSA) is 118 Å². The third-order valence-corrected chi connectivity index (χ3v) is 6.67. The number of nitrogens with one attached hydrogen (secondary N) is 2. The molecule has 2 amide bonds. The first-order valence-electron chi connectivity index (χ1n) is 11.0. The summed E-state index contributed by atoms with van der Waals surface area (Å²) in [5.41, 5.74) is 2.74. The second-order valence-electron chi connectivity index (χ2n) is 8.01. The standard InChI is InChI=1S/C24H23N7O3S/c1-30-19-11-26-21(25-10-17-7-8-34-13-17)9-20(19)35-14-18(24(30)33)28-23(32)22-27-15-31(29-22)12-16-5-3-2-4-6-16/h2-9,11,13,15,18H,10,12,14H2,1H3,(H,25,26)(H,28,32)/t18-/m0/s1. The van der Waals surface area contributed by atoms with Crippen LogP contribution in [0, 0.1) is 0 Å². The van der Waals surface area contributed by atoms with Crippen LogP contribution in [-0.4, -0.2) is 50.4 Å². The summed E-state index contributed by atoms with van der Waals surface area (Å²) in [6, 6.07) is 12.8. The number of amides is 2. The van der Waals surface area contributed by atoms with Crippen LogP contribution in [0.3, 0.4) is 0 Å². The molecule has 10 nitrogen and oxygen atoms in total. The van der Waals surface area contributed by atoms with Crippen molar-refractivity contribution in [1.29, 1.82) is 0 Å². The molecule has 3 aromatic heterocycles. The number of thioether (sulfide) groups is 1. The molecule has 0 radical (unpaired) electrons. The number of carbonyl (C=O) groups excluding carboxylic acids is 2. The van der Waals surface area contributed by atoms with Crippen LogP contribution in [0.25, 0.3) is 0 Å². The highest BCUT2D eigenvalue weighted by Crippen LogP contribution is 2.34. The van der Waals surface area contributed by atoms with Gasteiger partial charge in [0.2, 0.25) is 11.7 Å². The van der Waals surface area contributed by atoms with Gasteiger partial charge in [-0.25, -0.2) is 14.6 Å². The van der Waals surface area contributed by atoms with Crippen LogP contribution < -0.4 is 15.5 Å². The summed E-state index contributed by atoms with van der Waals surface area (Å²) >= 11 is 1.49. The average molecular weight is 490 g/mol. The summed E-state index contributed by atoms with van der Waals surface area (Å²) < 4.78 is 6.68. The van der Waals surface area contributed by atoms with E-state index in [0.717, 1.165) is 16.0 Å². The van der Waals surface area contributed by atoms with E-state index in [2.05, 4.69) is 25.7 Å². The van der Waals surface area contributed by atoms with E-state index in [1.54, 1.807) is 30.5 Å². The van der Waals surface area contributed by atoms with E-state index in [0.29, 0.717) is 30.3 Å². The fourth-order valence-corrected chi connectivity index (χ4v) is 4.75. The number of benzene rings is 1. The second-order valence-corrected chi connectivity index (χ2v) is 9.07. The molecule has 2 N–H and O–H groups in total. The molecule has 0 saturated heterocycles. The van der Waals surface area contributed by atoms with Gasteiger partial charge in [-0.2, -0.15) is 0 Å². The SMILES string of the molecule is CN1C(=O)[C@@H](NC(=O)c2ncn(Cc3ccccc3)n2)CSc2cc(NCc3ccoc3)ncc21. The molecular formula is C24H23N7O3S. The Bertz CT molecular complexity index is 1320. The van der Waals surface area contributed by atoms with Gasteiger partial charge in [0, 0.05) is 29.8 Å². The van der Waals surface area contributed by atoms with Crippen LogP contribution in [0.1, 0.15) is 21.7 Å². The summed E-state index contributed by atoms with van der Waals surface area (Å²) in [7, 11) is 1.68. The number of anilines is 2. The highest BCUT2D eigenvalue weighted by atomic mass is 32.2. The minimum absolute atomic E-state index is 0.0237. The van der Waals surface area contributed by atoms with Gasteiger partial charge in [0.1, 0.15) is 18.2 Å². The molecule has 0 saturated carbocycles. The number of aromatic nitrogens is 4. The third kappa shape index (κ3) is 5.19. The number of pyridine rings is 1. The van der Waals surface area contributed by atoms with E-state index in [-0.39, 0.29) is 11.7 Å². The predicted molar refractivity (Wildman–Crippen MR) is 131 cm³/mol. The molecule has 1 aliphatic rings. The smallest absolute Gasteiger partial charge is 0.291 e. The van der Waals surface area contributed by atoms with E-state index >= 15 is 0 Å². The minimum Gasteiger partial charge on any atom is -0.472 e. The van der Waals surface area contributed by atoms with Crippen LogP contribution in [0.2, 0.25) is 0 Å². The van der Waals surface area contributed by atoms with Crippen molar-refractivity contribution in [3.8, 4) is 0 Å². The summed E-state index contributed by atoms with van der Waals surface area (Å²) in [6.07, 6.45) is 6.46. The monoisotopic (exact) mass is 489 g/mol. The zero-order valence-electron chi connectivity index (χ0n) is 18.9. The van der Waals surface area contributed by atoms with Gasteiger partial charge in [-0.15, -0.1) is 16.9 Å². The van der Waals surface area contributed by atoms with Crippen molar-refractivity contribution in [1.82, 2.24) is 25.1 Å². The van der Waals surface area contributed by atoms with Crippen LogP contribution in [-0.2, 0) is 17.9 Å². The highest BCUT2D eigenvalue weighted by Gasteiger charge is 2.31. The van der Waals surface area contributed by atoms with Gasteiger partial charge in [-0.3, -0.25) is 9.59 Å². The normalized spacial score (nSPS) is 15.4. The van der Waals surface area contributed by atoms with Crippen molar-refractivity contribution in [2.75, 3.05) is 23.0 Å². The molecule has 1 aromatic carbocycles. The quantitative estimate of drug-likeness (QED) is 0.407. The molecular weight excluding hydrogens is 466 g/mol. The first-order valence-corrected chi connectivity index (χ1v) is 11.9. The molecule has 1 atom stereocenters. The van der Waals surface area contributed by atoms with Gasteiger partial charge in [0.25, 0.3) is 5.91 Å². The van der Waals surface area contributed by atoms with Crippen LogP contribution in [0.15, 0.2) is 76.8 Å². The summed E-state index contributed by atoms with van der Waals surface area (Å²) in [5, 5.41) is 10.3. The lowest BCUT2D eigenvalue weighted by Crippen LogP contribution is -2.48. The Morgan fingerprint density at radius 1 is 1.20 bits per heavy atom. The van der Waals surface area contributed by atoms with E-state index in [4.69, 9.17) is 4.42 Å². The molecule has 4 heterocycles. The van der Waals surface area contributed by atoms with Gasteiger partial charge in [-0.05, 0) is 17.7 Å². The van der Waals surface area contributed by atoms with Crippen molar-refractivity contribution < 1.29 is 14.0 Å². The Kier molecular flexibility index (Phi) is 6.49. The maximum Gasteiger partial charge on any atom is 0.291 e. The van der Waals surface area contributed by atoms with Gasteiger partial charge in [-0.1, -0.05) is 30.3 Å². The lowest BCUT2D eigenvalue weighted by Gasteiger charge is -2.21. The number of furan rings is 1. The fourth-order valence-electron chi connectivity index (χ4n) is 3.65. The van der Waals surface area contributed by atoms with Gasteiger partial charge in [0.05, 0.1) is 31.0 Å². The maximum absolute atomic E-state index is 13.1. The third-order valence-electron chi connectivity index (χ3n) is 5.53. The molecule has 11 heteroatoms. The van der Waals surface area contributed by atoms with Crippen molar-refractivity contribution in [3.63, 3.8) is 0 Å². The fraction of sp³-hybridized carbons (Fsp3) is 0.208. The minimum atomic E-state index is -0.728. The van der Waals surface area contributed by atoms with Crippen molar-refractivity contribution in [3.05, 3.63) is 84.5 Å². The molecule has 0 bridgehead atoms. The number of hydrogen-bond donors (Lipinski definition) is 2. The Morgan fingerprint density at radius 3 is 2.86 bits per heavy atom. The van der Waals surface area contributed by atoms with Crippen molar-refractivity contribution >= 4 is 35.1 Å². The summed E-state index contributed by atoms with van der Waals surface area (Å²) in [5.74, 6) is 0.368. The van der Waals surface area contributed by atoms with Gasteiger partial charge >= 0.3 is 0 Å². The molecule has 0 spiro atoms. The van der Waals surface area contributed by atoms with E-state index < -0.39 is 11.9 Å². The second kappa shape index (κ2) is 10.0. The van der Waals surface area contributed by atoms with Crippen LogP contribution in [0.5, 0.6) is 0 Å². The Morgan fingerprint density at radius 2 is 2.06 bits per heavy atom. The number of carbonyl (C=O) groups is 2. The summed E-state index contributed by atoms with van der Waals surface area (Å²) in [6.45, 7) is 1.08. The van der Waals surface area contributed by atoms with Crippen LogP contribution in [0.4, 0.5) is 11.5 Å². The molecule has 1 aliphatic heterocycles. The molecule has 0 unspecified atom stereocenters. The maximum atomic E-state index is 13.1. The van der Waals surface area contributed by atoms with E-state index in [1.165, 1.54) is 23.0 Å². The van der Waals surface area contributed by atoms with Crippen molar-refractivity contribution in [2.45, 2.75) is 24.0 Å². The Balaban J connectivity index is 1.24. The van der Waals surface area contributed by atoms with Gasteiger partial charge < -0.3 is 20.0 Å². The first kappa shape index (κ1) is 22.7. The molecule has 178 valence electrons. The molecule has 4 aromatic rings. The van der Waals surface area contributed by atoms with E-state index in [9.17, 15) is 9.59 Å². The molecule has 0 fully saturated rings. The predicted octanol–water partition coefficient (Wildman–Crippen LogP) is 2.79. The molecule has 5 rings (SSSR count). The molecule has 0 aliphatic carbocycles. The average Bonchev–Trinajstić information content (AvgIpc) is 3.55. The summed E-state index contributed by atoms with van der Waals surface area (Å²) in [4.78, 5) is 36.9. The molecule has 35 heavy (non-hydrogen) atoms. The Hall–Kier alpha value is -4.12. The lowest BCUT2D eigenvalue weighted by atomic mass is 10.2. The number of likely N-dealkylation sites (N-methyl/N-ethyl adjacent to an activating group) is 1. The largest absolute Gasteiger partial charge is 0.472 e. The number of rotatable bonds is 7. The van der Waals surface area contributed by atoms with Gasteiger partial charge in [0.15, 0.2) is 0 Å². The number of fused-ring (bicyclic) bond motifs is 1. The lowest BCUT2D eigenvalue weighted by molar-refractivity contribution is -0.119. The number of nitrogens with zero attached hydrogens (tertiary/aromatic N) is 5. The van der Waals surface area contributed by atoms with Crippen LogP contribution >= 0.6 is 11.8 Å². The Labute approximate surface area is 205 Å². The van der Waals surface area contributed by atoms with E-state index in [1.807, 2.05) is 42.5 Å². The highest BCUT2D eigenvalue weighted by molar-refractivity contribution is 7.99. The number of hydrogen-bond acceptors (Lipinski definition) is 8. The zero-order chi connectivity index (χ0) is 24.2. The first-order chi connectivity index (χ1) is 17.1.